The summed E-state index contributed by atoms with van der Waals surface area (Å²) in [6.45, 7) is 8.44. The summed E-state index contributed by atoms with van der Waals surface area (Å²) in [6, 6.07) is 7.37. The van der Waals surface area contributed by atoms with Crippen LogP contribution >= 0.6 is 0 Å². The van der Waals surface area contributed by atoms with Gasteiger partial charge in [0, 0.05) is 6.54 Å². The fourth-order valence-corrected chi connectivity index (χ4v) is 2.15. The number of hydrogen-bond acceptors (Lipinski definition) is 3. The average molecular weight is 263 g/mol. The Morgan fingerprint density at radius 3 is 2.42 bits per heavy atom. The quantitative estimate of drug-likeness (QED) is 0.479. The molecule has 0 N–H and O–H groups in total. The molecule has 0 saturated carbocycles. The van der Waals surface area contributed by atoms with Gasteiger partial charge in [-0.15, -0.1) is 0 Å². The Balaban J connectivity index is 2.31. The number of benzene rings is 1. The Labute approximate surface area is 116 Å². The van der Waals surface area contributed by atoms with E-state index in [2.05, 4.69) is 18.7 Å². The number of rotatable bonds is 10. The zero-order chi connectivity index (χ0) is 13.9. The lowest BCUT2D eigenvalue weighted by molar-refractivity contribution is 0.111. The van der Waals surface area contributed by atoms with Crippen molar-refractivity contribution < 1.29 is 9.53 Å². The number of para-hydroxylation sites is 1. The van der Waals surface area contributed by atoms with Crippen molar-refractivity contribution in [3.05, 3.63) is 29.8 Å². The molecule has 3 nitrogen and oxygen atoms in total. The molecule has 0 amide bonds. The van der Waals surface area contributed by atoms with Crippen molar-refractivity contribution in [2.45, 2.75) is 33.1 Å². The monoisotopic (exact) mass is 263 g/mol. The van der Waals surface area contributed by atoms with Crippen LogP contribution in [-0.4, -0.2) is 37.4 Å². The third-order valence-corrected chi connectivity index (χ3v) is 3.00. The van der Waals surface area contributed by atoms with E-state index in [1.807, 2.05) is 18.2 Å². The topological polar surface area (TPSA) is 29.5 Å². The summed E-state index contributed by atoms with van der Waals surface area (Å²) in [5.41, 5.74) is 0.626. The van der Waals surface area contributed by atoms with Crippen LogP contribution in [0.25, 0.3) is 0 Å². The third kappa shape index (κ3) is 5.88. The van der Waals surface area contributed by atoms with Crippen LogP contribution in [-0.2, 0) is 0 Å². The molecule has 3 heteroatoms. The Hall–Kier alpha value is -1.35. The second-order valence-electron chi connectivity index (χ2n) is 4.70. The molecule has 19 heavy (non-hydrogen) atoms. The van der Waals surface area contributed by atoms with Gasteiger partial charge >= 0.3 is 0 Å². The van der Waals surface area contributed by atoms with Crippen LogP contribution in [0.4, 0.5) is 0 Å². The summed E-state index contributed by atoms with van der Waals surface area (Å²) >= 11 is 0. The number of aldehydes is 1. The standard InChI is InChI=1S/C16H25NO2/c1-3-10-17(11-4-2)12-7-13-19-16-9-6-5-8-15(16)14-18/h5-6,8-9,14H,3-4,7,10-13H2,1-2H3. The summed E-state index contributed by atoms with van der Waals surface area (Å²) in [6.07, 6.45) is 4.21. The Morgan fingerprint density at radius 1 is 1.11 bits per heavy atom. The molecule has 106 valence electrons. The maximum atomic E-state index is 10.9. The highest BCUT2D eigenvalue weighted by molar-refractivity contribution is 5.79. The normalized spacial score (nSPS) is 10.7. The molecule has 0 aliphatic heterocycles. The first-order chi connectivity index (χ1) is 9.31. The summed E-state index contributed by atoms with van der Waals surface area (Å²) in [5, 5.41) is 0. The minimum atomic E-state index is 0.626. The molecule has 1 rings (SSSR count). The van der Waals surface area contributed by atoms with Gasteiger partial charge in [-0.2, -0.15) is 0 Å². The van der Waals surface area contributed by atoms with Crippen LogP contribution in [0.3, 0.4) is 0 Å². The van der Waals surface area contributed by atoms with Crippen LogP contribution in [0.15, 0.2) is 24.3 Å². The van der Waals surface area contributed by atoms with E-state index >= 15 is 0 Å². The van der Waals surface area contributed by atoms with E-state index in [1.54, 1.807) is 6.07 Å². The number of ether oxygens (including phenoxy) is 1. The van der Waals surface area contributed by atoms with Crippen LogP contribution < -0.4 is 4.74 Å². The predicted molar refractivity (Wildman–Crippen MR) is 79.0 cm³/mol. The van der Waals surface area contributed by atoms with Crippen molar-refractivity contribution in [3.8, 4) is 5.75 Å². The highest BCUT2D eigenvalue weighted by Gasteiger charge is 2.04. The molecule has 0 unspecified atom stereocenters. The summed E-state index contributed by atoms with van der Waals surface area (Å²) in [5.74, 6) is 0.690. The maximum Gasteiger partial charge on any atom is 0.153 e. The lowest BCUT2D eigenvalue weighted by atomic mass is 10.2. The van der Waals surface area contributed by atoms with Gasteiger partial charge in [-0.1, -0.05) is 26.0 Å². The van der Waals surface area contributed by atoms with Gasteiger partial charge in [0.05, 0.1) is 12.2 Å². The van der Waals surface area contributed by atoms with E-state index in [9.17, 15) is 4.79 Å². The molecule has 0 aromatic heterocycles. The molecule has 0 heterocycles. The molecule has 0 radical (unpaired) electrons. The summed E-state index contributed by atoms with van der Waals surface area (Å²) in [7, 11) is 0. The average Bonchev–Trinajstić information content (AvgIpc) is 2.44. The molecule has 0 atom stereocenters. The van der Waals surface area contributed by atoms with Gasteiger partial charge in [-0.25, -0.2) is 0 Å². The van der Waals surface area contributed by atoms with E-state index in [0.717, 1.165) is 32.3 Å². The SMILES string of the molecule is CCCN(CCC)CCCOc1ccccc1C=O. The van der Waals surface area contributed by atoms with Crippen molar-refractivity contribution in [2.24, 2.45) is 0 Å². The van der Waals surface area contributed by atoms with Crippen LogP contribution in [0.1, 0.15) is 43.5 Å². The summed E-state index contributed by atoms with van der Waals surface area (Å²) < 4.78 is 5.68. The van der Waals surface area contributed by atoms with Gasteiger partial charge in [-0.3, -0.25) is 4.79 Å². The zero-order valence-electron chi connectivity index (χ0n) is 12.1. The number of carbonyl (C=O) groups excluding carboxylic acids is 1. The fourth-order valence-electron chi connectivity index (χ4n) is 2.15. The van der Waals surface area contributed by atoms with E-state index in [0.29, 0.717) is 17.9 Å². The molecule has 0 saturated heterocycles. The van der Waals surface area contributed by atoms with Crippen molar-refractivity contribution >= 4 is 6.29 Å². The molecule has 0 aliphatic carbocycles. The largest absolute Gasteiger partial charge is 0.493 e. The molecule has 0 aliphatic rings. The van der Waals surface area contributed by atoms with Crippen LogP contribution in [0.5, 0.6) is 5.75 Å². The molecular weight excluding hydrogens is 238 g/mol. The van der Waals surface area contributed by atoms with Crippen molar-refractivity contribution in [3.63, 3.8) is 0 Å². The Kier molecular flexibility index (Phi) is 7.91. The third-order valence-electron chi connectivity index (χ3n) is 3.00. The van der Waals surface area contributed by atoms with E-state index in [4.69, 9.17) is 4.74 Å². The minimum absolute atomic E-state index is 0.626. The second-order valence-corrected chi connectivity index (χ2v) is 4.70. The van der Waals surface area contributed by atoms with Gasteiger partial charge in [-0.05, 0) is 44.5 Å². The highest BCUT2D eigenvalue weighted by atomic mass is 16.5. The molecule has 0 spiro atoms. The van der Waals surface area contributed by atoms with Gasteiger partial charge in [0.25, 0.3) is 0 Å². The van der Waals surface area contributed by atoms with Gasteiger partial charge in [0.1, 0.15) is 5.75 Å². The molecule has 0 bridgehead atoms. The number of carbonyl (C=O) groups is 1. The highest BCUT2D eigenvalue weighted by Crippen LogP contribution is 2.15. The molecule has 1 aromatic carbocycles. The van der Waals surface area contributed by atoms with Gasteiger partial charge in [0.2, 0.25) is 0 Å². The maximum absolute atomic E-state index is 10.9. The summed E-state index contributed by atoms with van der Waals surface area (Å²) in [4.78, 5) is 13.3. The number of hydrogen-bond donors (Lipinski definition) is 0. The zero-order valence-corrected chi connectivity index (χ0v) is 12.1. The Morgan fingerprint density at radius 2 is 1.79 bits per heavy atom. The lowest BCUT2D eigenvalue weighted by Gasteiger charge is -2.20. The van der Waals surface area contributed by atoms with Crippen LogP contribution in [0, 0.1) is 0 Å². The van der Waals surface area contributed by atoms with Crippen molar-refractivity contribution in [1.82, 2.24) is 4.90 Å². The number of nitrogens with zero attached hydrogens (tertiary/aromatic N) is 1. The first kappa shape index (κ1) is 15.7. The van der Waals surface area contributed by atoms with Gasteiger partial charge < -0.3 is 9.64 Å². The van der Waals surface area contributed by atoms with Crippen molar-refractivity contribution in [2.75, 3.05) is 26.2 Å². The Bertz CT molecular complexity index is 360. The van der Waals surface area contributed by atoms with E-state index in [1.165, 1.54) is 12.8 Å². The lowest BCUT2D eigenvalue weighted by Crippen LogP contribution is -2.27. The van der Waals surface area contributed by atoms with E-state index in [-0.39, 0.29) is 0 Å². The van der Waals surface area contributed by atoms with E-state index < -0.39 is 0 Å². The first-order valence-electron chi connectivity index (χ1n) is 7.21. The van der Waals surface area contributed by atoms with Crippen molar-refractivity contribution in [1.29, 1.82) is 0 Å². The molecule has 0 fully saturated rings. The smallest absolute Gasteiger partial charge is 0.153 e. The molecular formula is C16H25NO2. The molecule has 1 aromatic rings. The van der Waals surface area contributed by atoms with Crippen LogP contribution in [0.2, 0.25) is 0 Å². The minimum Gasteiger partial charge on any atom is -0.493 e. The fraction of sp³-hybridized carbons (Fsp3) is 0.562. The second kappa shape index (κ2) is 9.56. The van der Waals surface area contributed by atoms with Gasteiger partial charge in [0.15, 0.2) is 6.29 Å². The first-order valence-corrected chi connectivity index (χ1v) is 7.21. The predicted octanol–water partition coefficient (Wildman–Crippen LogP) is 3.39.